The van der Waals surface area contributed by atoms with E-state index in [1.165, 1.54) is 28.8 Å². The van der Waals surface area contributed by atoms with E-state index >= 15 is 0 Å². The van der Waals surface area contributed by atoms with E-state index in [0.29, 0.717) is 11.1 Å². The first-order chi connectivity index (χ1) is 12.4. The molecule has 26 heavy (non-hydrogen) atoms. The maximum absolute atomic E-state index is 12.6. The van der Waals surface area contributed by atoms with E-state index in [2.05, 4.69) is 9.14 Å². The van der Waals surface area contributed by atoms with E-state index < -0.39 is 21.4 Å². The predicted octanol–water partition coefficient (Wildman–Crippen LogP) is 1.65. The summed E-state index contributed by atoms with van der Waals surface area (Å²) in [6.45, 7) is 1.97. The van der Waals surface area contributed by atoms with Gasteiger partial charge in [0.1, 0.15) is 0 Å². The van der Waals surface area contributed by atoms with Gasteiger partial charge >= 0.3 is 11.4 Å². The summed E-state index contributed by atoms with van der Waals surface area (Å²) in [5.41, 5.74) is -0.0940. The quantitative estimate of drug-likeness (QED) is 0.744. The molecule has 0 aliphatic rings. The molecule has 0 aliphatic heterocycles. The summed E-state index contributed by atoms with van der Waals surface area (Å²) in [7, 11) is -4.00. The minimum Gasteiger partial charge on any atom is -0.372 e. The highest BCUT2D eigenvalue weighted by Crippen LogP contribution is 2.20. The predicted molar refractivity (Wildman–Crippen MR) is 94.4 cm³/mol. The lowest BCUT2D eigenvalue weighted by Crippen LogP contribution is -2.24. The summed E-state index contributed by atoms with van der Waals surface area (Å²) in [4.78, 5) is 23.5. The summed E-state index contributed by atoms with van der Waals surface area (Å²) in [5.74, 6) is -0.799. The van der Waals surface area contributed by atoms with Gasteiger partial charge in [0.2, 0.25) is 0 Å². The monoisotopic (exact) mass is 371 g/mol. The van der Waals surface area contributed by atoms with Gasteiger partial charge in [-0.05, 0) is 43.3 Å². The standard InChI is InChI=1S/C17H13N3O5S/c1-2-20-15-7-6-13(9-14(15)16(21)25-17(20)22)26(23,24)19-12-5-3-4-11(8-12)10-18/h3-9,19H,2H2,1H3. The first-order valence-electron chi connectivity index (χ1n) is 7.56. The van der Waals surface area contributed by atoms with Crippen molar-refractivity contribution in [1.29, 1.82) is 5.26 Å². The Labute approximate surface area is 148 Å². The molecule has 1 N–H and O–H groups in total. The molecule has 0 amide bonds. The number of fused-ring (bicyclic) bond motifs is 1. The molecule has 0 unspecified atom stereocenters. The zero-order chi connectivity index (χ0) is 18.9. The molecule has 0 spiro atoms. The van der Waals surface area contributed by atoms with Crippen LogP contribution >= 0.6 is 0 Å². The number of aromatic nitrogens is 1. The first-order valence-corrected chi connectivity index (χ1v) is 9.04. The van der Waals surface area contributed by atoms with Gasteiger partial charge in [-0.3, -0.25) is 9.29 Å². The molecule has 132 valence electrons. The largest absolute Gasteiger partial charge is 0.422 e. The average molecular weight is 371 g/mol. The first kappa shape index (κ1) is 17.4. The van der Waals surface area contributed by atoms with Gasteiger partial charge in [0.15, 0.2) is 0 Å². The van der Waals surface area contributed by atoms with E-state index in [1.807, 2.05) is 6.07 Å². The third kappa shape index (κ3) is 3.10. The van der Waals surface area contributed by atoms with Crippen LogP contribution in [0.5, 0.6) is 0 Å². The van der Waals surface area contributed by atoms with Gasteiger partial charge in [-0.1, -0.05) is 6.07 Å². The fraction of sp³-hybridized carbons (Fsp3) is 0.118. The van der Waals surface area contributed by atoms with Gasteiger partial charge in [0.05, 0.1) is 33.1 Å². The highest BCUT2D eigenvalue weighted by atomic mass is 32.2. The highest BCUT2D eigenvalue weighted by Gasteiger charge is 2.17. The molecule has 1 aromatic heterocycles. The Kier molecular flexibility index (Phi) is 4.36. The molecule has 0 bridgehead atoms. The maximum atomic E-state index is 12.6. The Balaban J connectivity index is 2.11. The second-order valence-electron chi connectivity index (χ2n) is 5.38. The van der Waals surface area contributed by atoms with Crippen LogP contribution in [0.4, 0.5) is 5.69 Å². The molecular formula is C17H13N3O5S. The number of hydrogen-bond acceptors (Lipinski definition) is 6. The maximum Gasteiger partial charge on any atom is 0.422 e. The second-order valence-corrected chi connectivity index (χ2v) is 7.06. The van der Waals surface area contributed by atoms with Gasteiger partial charge in [-0.25, -0.2) is 18.0 Å². The molecule has 0 atom stereocenters. The highest BCUT2D eigenvalue weighted by molar-refractivity contribution is 7.92. The molecular weight excluding hydrogens is 358 g/mol. The van der Waals surface area contributed by atoms with Crippen molar-refractivity contribution in [3.63, 3.8) is 0 Å². The van der Waals surface area contributed by atoms with E-state index in [4.69, 9.17) is 5.26 Å². The molecule has 1 heterocycles. The third-order valence-corrected chi connectivity index (χ3v) is 5.13. The Morgan fingerprint density at radius 3 is 2.65 bits per heavy atom. The third-order valence-electron chi connectivity index (χ3n) is 3.75. The number of sulfonamides is 1. The van der Waals surface area contributed by atoms with Crippen LogP contribution in [0.1, 0.15) is 12.5 Å². The number of rotatable bonds is 4. The van der Waals surface area contributed by atoms with Gasteiger partial charge in [0.25, 0.3) is 10.0 Å². The van der Waals surface area contributed by atoms with Crippen LogP contribution in [-0.4, -0.2) is 13.0 Å². The zero-order valence-corrected chi connectivity index (χ0v) is 14.4. The van der Waals surface area contributed by atoms with Gasteiger partial charge in [-0.2, -0.15) is 5.26 Å². The van der Waals surface area contributed by atoms with Crippen molar-refractivity contribution in [1.82, 2.24) is 4.57 Å². The summed E-state index contributed by atoms with van der Waals surface area (Å²) in [6.07, 6.45) is 0. The molecule has 0 aliphatic carbocycles. The molecule has 9 heteroatoms. The summed E-state index contributed by atoms with van der Waals surface area (Å²) < 4.78 is 33.4. The lowest BCUT2D eigenvalue weighted by atomic mass is 10.2. The molecule has 0 radical (unpaired) electrons. The minimum absolute atomic E-state index is 0.0138. The number of aryl methyl sites for hydroxylation is 1. The normalized spacial score (nSPS) is 11.2. The van der Waals surface area contributed by atoms with Crippen molar-refractivity contribution >= 4 is 26.6 Å². The SMILES string of the molecule is CCn1c(=O)oc(=O)c2cc(S(=O)(=O)Nc3cccc(C#N)c3)ccc21. The average Bonchev–Trinajstić information content (AvgIpc) is 2.61. The van der Waals surface area contributed by atoms with Crippen molar-refractivity contribution < 1.29 is 12.8 Å². The molecule has 0 saturated carbocycles. The molecule has 3 aromatic rings. The van der Waals surface area contributed by atoms with Crippen molar-refractivity contribution in [2.24, 2.45) is 0 Å². The van der Waals surface area contributed by atoms with Crippen LogP contribution in [0.3, 0.4) is 0 Å². The summed E-state index contributed by atoms with van der Waals surface area (Å²) in [6, 6.07) is 11.7. The van der Waals surface area contributed by atoms with E-state index in [9.17, 15) is 18.0 Å². The lowest BCUT2D eigenvalue weighted by molar-refractivity contribution is 0.421. The number of nitrogens with one attached hydrogen (secondary N) is 1. The van der Waals surface area contributed by atoms with Crippen molar-refractivity contribution in [2.45, 2.75) is 18.4 Å². The van der Waals surface area contributed by atoms with Crippen LogP contribution < -0.4 is 16.1 Å². The van der Waals surface area contributed by atoms with Crippen molar-refractivity contribution in [3.8, 4) is 6.07 Å². The Morgan fingerprint density at radius 2 is 1.96 bits per heavy atom. The Morgan fingerprint density at radius 1 is 1.19 bits per heavy atom. The number of nitriles is 1. The number of benzene rings is 2. The fourth-order valence-electron chi connectivity index (χ4n) is 2.53. The van der Waals surface area contributed by atoms with E-state index in [0.717, 1.165) is 6.07 Å². The topological polar surface area (TPSA) is 122 Å². The zero-order valence-electron chi connectivity index (χ0n) is 13.6. The smallest absolute Gasteiger partial charge is 0.372 e. The minimum atomic E-state index is -4.00. The van der Waals surface area contributed by atoms with Crippen molar-refractivity contribution in [2.75, 3.05) is 4.72 Å². The fourth-order valence-corrected chi connectivity index (χ4v) is 3.61. The Bertz CT molecular complexity index is 1270. The van der Waals surface area contributed by atoms with E-state index in [1.54, 1.807) is 19.1 Å². The van der Waals surface area contributed by atoms with Gasteiger partial charge in [-0.15, -0.1) is 0 Å². The summed E-state index contributed by atoms with van der Waals surface area (Å²) >= 11 is 0. The molecule has 3 rings (SSSR count). The van der Waals surface area contributed by atoms with Crippen LogP contribution in [0, 0.1) is 11.3 Å². The lowest BCUT2D eigenvalue weighted by Gasteiger charge is -2.10. The Hall–Kier alpha value is -3.38. The van der Waals surface area contributed by atoms with Crippen LogP contribution in [0.2, 0.25) is 0 Å². The summed E-state index contributed by atoms with van der Waals surface area (Å²) in [5, 5.41) is 8.88. The molecule has 0 fully saturated rings. The van der Waals surface area contributed by atoms with Crippen LogP contribution in [0.25, 0.3) is 10.9 Å². The van der Waals surface area contributed by atoms with Gasteiger partial charge in [0, 0.05) is 6.54 Å². The van der Waals surface area contributed by atoms with Crippen molar-refractivity contribution in [3.05, 3.63) is 69.0 Å². The second kappa shape index (κ2) is 6.50. The van der Waals surface area contributed by atoms with Gasteiger partial charge < -0.3 is 4.42 Å². The molecule has 2 aromatic carbocycles. The number of nitrogens with zero attached hydrogens (tertiary/aromatic N) is 2. The van der Waals surface area contributed by atoms with Crippen LogP contribution in [-0.2, 0) is 16.6 Å². The van der Waals surface area contributed by atoms with E-state index in [-0.39, 0.29) is 22.5 Å². The number of hydrogen-bond donors (Lipinski definition) is 1. The molecule has 8 nitrogen and oxygen atoms in total. The molecule has 0 saturated heterocycles. The van der Waals surface area contributed by atoms with Crippen LogP contribution in [0.15, 0.2) is 61.4 Å². The number of anilines is 1.